The lowest BCUT2D eigenvalue weighted by Crippen LogP contribution is -2.06. The molecule has 0 saturated carbocycles. The lowest BCUT2D eigenvalue weighted by atomic mass is 10.0. The van der Waals surface area contributed by atoms with Crippen molar-refractivity contribution in [3.05, 3.63) is 64.9 Å². The van der Waals surface area contributed by atoms with Crippen molar-refractivity contribution in [3.63, 3.8) is 0 Å². The van der Waals surface area contributed by atoms with E-state index in [9.17, 15) is 13.6 Å². The molecule has 1 N–H and O–H groups in total. The summed E-state index contributed by atoms with van der Waals surface area (Å²) in [4.78, 5) is 15.6. The second-order valence-electron chi connectivity index (χ2n) is 6.07. The van der Waals surface area contributed by atoms with Gasteiger partial charge in [0.2, 0.25) is 0 Å². The largest absolute Gasteiger partial charge is 0.493 e. The average Bonchev–Trinajstić information content (AvgIpc) is 2.99. The molecule has 1 heterocycles. The SMILES string of the molecule is CCCOc1cc(F)ccc1CC(=O)c1c[nH]c2c(F)cc(C)cc12. The predicted octanol–water partition coefficient (Wildman–Crippen LogP) is 4.97. The van der Waals surface area contributed by atoms with Crippen LogP contribution in [0.1, 0.15) is 34.8 Å². The van der Waals surface area contributed by atoms with E-state index in [1.54, 1.807) is 19.1 Å². The Bertz CT molecular complexity index is 931. The van der Waals surface area contributed by atoms with Crippen molar-refractivity contribution in [2.24, 2.45) is 0 Å². The third-order valence-corrected chi connectivity index (χ3v) is 4.03. The van der Waals surface area contributed by atoms with Gasteiger partial charge in [0.05, 0.1) is 12.1 Å². The molecule has 0 aliphatic heterocycles. The Morgan fingerprint density at radius 1 is 1.20 bits per heavy atom. The molecule has 1 aromatic heterocycles. The van der Waals surface area contributed by atoms with Gasteiger partial charge in [-0.15, -0.1) is 0 Å². The normalized spacial score (nSPS) is 11.0. The third-order valence-electron chi connectivity index (χ3n) is 4.03. The van der Waals surface area contributed by atoms with Crippen LogP contribution in [0, 0.1) is 18.6 Å². The van der Waals surface area contributed by atoms with Crippen LogP contribution in [0.5, 0.6) is 5.75 Å². The van der Waals surface area contributed by atoms with Gasteiger partial charge in [0, 0.05) is 35.2 Å². The van der Waals surface area contributed by atoms with Crippen molar-refractivity contribution in [1.29, 1.82) is 0 Å². The van der Waals surface area contributed by atoms with E-state index in [2.05, 4.69) is 4.98 Å². The van der Waals surface area contributed by atoms with Gasteiger partial charge in [0.25, 0.3) is 0 Å². The summed E-state index contributed by atoms with van der Waals surface area (Å²) in [7, 11) is 0. The summed E-state index contributed by atoms with van der Waals surface area (Å²) in [5, 5.41) is 0.556. The number of nitrogens with one attached hydrogen (secondary N) is 1. The summed E-state index contributed by atoms with van der Waals surface area (Å²) in [5.74, 6) is -0.600. The first-order valence-electron chi connectivity index (χ1n) is 8.21. The molecule has 0 aliphatic rings. The molecule has 0 spiro atoms. The fraction of sp³-hybridized carbons (Fsp3) is 0.250. The highest BCUT2D eigenvalue weighted by Crippen LogP contribution is 2.26. The maximum absolute atomic E-state index is 14.0. The summed E-state index contributed by atoms with van der Waals surface area (Å²) in [6.45, 7) is 4.18. The van der Waals surface area contributed by atoms with E-state index in [0.717, 1.165) is 12.0 Å². The molecule has 5 heteroatoms. The maximum Gasteiger partial charge on any atom is 0.169 e. The number of H-pyrrole nitrogens is 1. The van der Waals surface area contributed by atoms with E-state index >= 15 is 0 Å². The number of carbonyl (C=O) groups is 1. The van der Waals surface area contributed by atoms with Crippen molar-refractivity contribution >= 4 is 16.7 Å². The highest BCUT2D eigenvalue weighted by Gasteiger charge is 2.17. The number of halogens is 2. The minimum absolute atomic E-state index is 0.0574. The number of carbonyl (C=O) groups excluding carboxylic acids is 1. The van der Waals surface area contributed by atoms with E-state index in [-0.39, 0.29) is 18.0 Å². The molecular formula is C20H19F2NO2. The molecule has 2 aromatic carbocycles. The molecule has 0 amide bonds. The number of hydrogen-bond donors (Lipinski definition) is 1. The predicted molar refractivity (Wildman–Crippen MR) is 93.2 cm³/mol. The van der Waals surface area contributed by atoms with E-state index in [1.165, 1.54) is 24.4 Å². The van der Waals surface area contributed by atoms with Gasteiger partial charge in [0.15, 0.2) is 5.78 Å². The molecule has 3 nitrogen and oxygen atoms in total. The molecule has 0 saturated heterocycles. The quantitative estimate of drug-likeness (QED) is 0.642. The van der Waals surface area contributed by atoms with Crippen molar-refractivity contribution in [1.82, 2.24) is 4.98 Å². The zero-order valence-corrected chi connectivity index (χ0v) is 14.2. The molecule has 25 heavy (non-hydrogen) atoms. The Kier molecular flexibility index (Phi) is 4.83. The highest BCUT2D eigenvalue weighted by atomic mass is 19.1. The number of aromatic nitrogens is 1. The first-order valence-corrected chi connectivity index (χ1v) is 8.21. The van der Waals surface area contributed by atoms with Gasteiger partial charge in [-0.2, -0.15) is 0 Å². The van der Waals surface area contributed by atoms with E-state index in [1.807, 2.05) is 6.92 Å². The Morgan fingerprint density at radius 2 is 2.00 bits per heavy atom. The van der Waals surface area contributed by atoms with Crippen molar-refractivity contribution in [2.75, 3.05) is 6.61 Å². The first-order chi connectivity index (χ1) is 12.0. The van der Waals surface area contributed by atoms with Crippen LogP contribution in [0.4, 0.5) is 8.78 Å². The molecule has 0 radical (unpaired) electrons. The molecular weight excluding hydrogens is 324 g/mol. The van der Waals surface area contributed by atoms with E-state index < -0.39 is 5.82 Å². The van der Waals surface area contributed by atoms with Crippen LogP contribution in [-0.2, 0) is 6.42 Å². The van der Waals surface area contributed by atoms with Crippen LogP contribution in [0.15, 0.2) is 36.5 Å². The number of rotatable bonds is 6. The number of fused-ring (bicyclic) bond motifs is 1. The van der Waals surface area contributed by atoms with Crippen LogP contribution >= 0.6 is 0 Å². The zero-order chi connectivity index (χ0) is 18.0. The van der Waals surface area contributed by atoms with Crippen molar-refractivity contribution in [2.45, 2.75) is 26.7 Å². The van der Waals surface area contributed by atoms with Gasteiger partial charge in [-0.3, -0.25) is 4.79 Å². The smallest absolute Gasteiger partial charge is 0.169 e. The fourth-order valence-electron chi connectivity index (χ4n) is 2.84. The van der Waals surface area contributed by atoms with Gasteiger partial charge < -0.3 is 9.72 Å². The molecule has 0 atom stereocenters. The molecule has 0 unspecified atom stereocenters. The third kappa shape index (κ3) is 3.55. The summed E-state index contributed by atoms with van der Waals surface area (Å²) >= 11 is 0. The van der Waals surface area contributed by atoms with Crippen LogP contribution < -0.4 is 4.74 Å². The standard InChI is InChI=1S/C20H19F2NO2/c1-3-6-25-19-10-14(21)5-4-13(19)9-18(24)16-11-23-20-15(16)7-12(2)8-17(20)22/h4-5,7-8,10-11,23H,3,6,9H2,1-2H3. The van der Waals surface area contributed by atoms with Gasteiger partial charge >= 0.3 is 0 Å². The van der Waals surface area contributed by atoms with Crippen molar-refractivity contribution in [3.8, 4) is 5.75 Å². The van der Waals surface area contributed by atoms with E-state index in [0.29, 0.717) is 34.4 Å². The number of Topliss-reactive ketones (excluding diaryl/α,β-unsaturated/α-hetero) is 1. The maximum atomic E-state index is 14.0. The Hall–Kier alpha value is -2.69. The summed E-state index contributed by atoms with van der Waals surface area (Å²) in [5.41, 5.74) is 2.09. The minimum atomic E-state index is -0.410. The number of ketones is 1. The molecule has 0 fully saturated rings. The second kappa shape index (κ2) is 7.05. The van der Waals surface area contributed by atoms with Gasteiger partial charge in [-0.05, 0) is 37.1 Å². The first kappa shape index (κ1) is 17.1. The minimum Gasteiger partial charge on any atom is -0.493 e. The molecule has 0 bridgehead atoms. The van der Waals surface area contributed by atoms with Crippen LogP contribution in [-0.4, -0.2) is 17.4 Å². The topological polar surface area (TPSA) is 42.1 Å². The Labute approximate surface area is 144 Å². The lowest BCUT2D eigenvalue weighted by molar-refractivity contribution is 0.0993. The Balaban J connectivity index is 1.93. The lowest BCUT2D eigenvalue weighted by Gasteiger charge is -2.10. The molecule has 0 aliphatic carbocycles. The number of aromatic amines is 1. The molecule has 3 aromatic rings. The van der Waals surface area contributed by atoms with Gasteiger partial charge in [-0.1, -0.05) is 13.0 Å². The number of hydrogen-bond acceptors (Lipinski definition) is 2. The number of benzene rings is 2. The van der Waals surface area contributed by atoms with Crippen LogP contribution in [0.25, 0.3) is 10.9 Å². The number of ether oxygens (including phenoxy) is 1. The zero-order valence-electron chi connectivity index (χ0n) is 14.2. The summed E-state index contributed by atoms with van der Waals surface area (Å²) < 4.78 is 33.0. The highest BCUT2D eigenvalue weighted by molar-refractivity contribution is 6.09. The summed E-state index contributed by atoms with van der Waals surface area (Å²) in [6.07, 6.45) is 2.36. The second-order valence-corrected chi connectivity index (χ2v) is 6.07. The van der Waals surface area contributed by atoms with Crippen LogP contribution in [0.3, 0.4) is 0 Å². The Morgan fingerprint density at radius 3 is 2.76 bits per heavy atom. The molecule has 3 rings (SSSR count). The monoisotopic (exact) mass is 343 g/mol. The summed E-state index contributed by atoms with van der Waals surface area (Å²) in [6, 6.07) is 7.35. The van der Waals surface area contributed by atoms with Gasteiger partial charge in [0.1, 0.15) is 17.4 Å². The average molecular weight is 343 g/mol. The van der Waals surface area contributed by atoms with Crippen molar-refractivity contribution < 1.29 is 18.3 Å². The van der Waals surface area contributed by atoms with Gasteiger partial charge in [-0.25, -0.2) is 8.78 Å². The van der Waals surface area contributed by atoms with Crippen LogP contribution in [0.2, 0.25) is 0 Å². The fourth-order valence-corrected chi connectivity index (χ4v) is 2.84. The molecule has 130 valence electrons. The number of aryl methyl sites for hydroxylation is 1. The van der Waals surface area contributed by atoms with E-state index in [4.69, 9.17) is 4.74 Å².